The first-order valence-electron chi connectivity index (χ1n) is 10.1. The van der Waals surface area contributed by atoms with Crippen LogP contribution in [0, 0.1) is 11.6 Å². The zero-order valence-corrected chi connectivity index (χ0v) is 20.6. The fourth-order valence-corrected chi connectivity index (χ4v) is 5.45. The van der Waals surface area contributed by atoms with E-state index in [2.05, 4.69) is 14.7 Å². The number of hydrogen-bond donors (Lipinski definition) is 2. The van der Waals surface area contributed by atoms with Gasteiger partial charge in [0.15, 0.2) is 16.8 Å². The minimum atomic E-state index is -4.04. The molecule has 1 aliphatic heterocycles. The fraction of sp³-hybridized carbons (Fsp3) is 0.450. The molecule has 14 heteroatoms. The van der Waals surface area contributed by atoms with Crippen molar-refractivity contribution in [1.29, 1.82) is 0 Å². The summed E-state index contributed by atoms with van der Waals surface area (Å²) < 4.78 is 61.4. The molecule has 34 heavy (non-hydrogen) atoms. The number of carbonyl (C=O) groups is 1. The standard InChI is InChI=1S/C20H25F2N5O5S2/c1-20(2,3)27(19(28)29)13-9-26(10-13)34(30,31)25-15-8-16(32-4)24-18(23-15)33-11-12-6-5-7-14(21)17(12)22/h5-8,13H,9-11H2,1-4H3,(H,28,29)(H,23,24,25). The van der Waals surface area contributed by atoms with Gasteiger partial charge >= 0.3 is 16.3 Å². The SMILES string of the molecule is COc1cc(NS(=O)(=O)N2CC(N(C(=O)O)C(C)(C)C)C2)nc(SCc2cccc(F)c2F)n1. The molecular weight excluding hydrogens is 492 g/mol. The third-order valence-electron chi connectivity index (χ3n) is 4.98. The average Bonchev–Trinajstić information content (AvgIpc) is 2.69. The van der Waals surface area contributed by atoms with Gasteiger partial charge in [-0.1, -0.05) is 23.9 Å². The zero-order valence-electron chi connectivity index (χ0n) is 18.9. The highest BCUT2D eigenvalue weighted by molar-refractivity contribution is 7.98. The quantitative estimate of drug-likeness (QED) is 0.404. The molecule has 3 rings (SSSR count). The zero-order chi connectivity index (χ0) is 25.3. The Kier molecular flexibility index (Phi) is 7.53. The van der Waals surface area contributed by atoms with Crippen LogP contribution in [0.25, 0.3) is 0 Å². The molecule has 0 bridgehead atoms. The molecule has 1 aliphatic rings. The molecule has 1 aromatic heterocycles. The van der Waals surface area contributed by atoms with Gasteiger partial charge in [-0.3, -0.25) is 9.62 Å². The van der Waals surface area contributed by atoms with Crippen LogP contribution in [0.1, 0.15) is 26.3 Å². The molecular formula is C20H25F2N5O5S2. The Morgan fingerprint density at radius 2 is 2.00 bits per heavy atom. The molecule has 0 saturated carbocycles. The predicted molar refractivity (Wildman–Crippen MR) is 122 cm³/mol. The molecule has 0 spiro atoms. The van der Waals surface area contributed by atoms with Gasteiger partial charge in [-0.2, -0.15) is 17.7 Å². The summed E-state index contributed by atoms with van der Waals surface area (Å²) in [7, 11) is -2.69. The number of aromatic nitrogens is 2. The smallest absolute Gasteiger partial charge is 0.408 e. The molecule has 2 aromatic rings. The maximum Gasteiger partial charge on any atom is 0.408 e. The number of carboxylic acid groups (broad SMARTS) is 1. The van der Waals surface area contributed by atoms with Crippen LogP contribution < -0.4 is 9.46 Å². The van der Waals surface area contributed by atoms with Crippen LogP contribution in [0.2, 0.25) is 0 Å². The maximum absolute atomic E-state index is 13.9. The molecule has 0 aliphatic carbocycles. The number of thioether (sulfide) groups is 1. The third kappa shape index (κ3) is 5.85. The second-order valence-corrected chi connectivity index (χ2v) is 11.1. The molecule has 1 saturated heterocycles. The van der Waals surface area contributed by atoms with Gasteiger partial charge in [0, 0.05) is 36.0 Å². The highest BCUT2D eigenvalue weighted by Crippen LogP contribution is 2.28. The van der Waals surface area contributed by atoms with E-state index in [9.17, 15) is 27.1 Å². The van der Waals surface area contributed by atoms with Crippen molar-refractivity contribution in [2.45, 2.75) is 43.3 Å². The van der Waals surface area contributed by atoms with Crippen LogP contribution in [0.3, 0.4) is 0 Å². The second kappa shape index (κ2) is 9.88. The van der Waals surface area contributed by atoms with Crippen molar-refractivity contribution in [3.05, 3.63) is 41.5 Å². The number of methoxy groups -OCH3 is 1. The Morgan fingerprint density at radius 3 is 2.59 bits per heavy atom. The van der Waals surface area contributed by atoms with Gasteiger partial charge in [-0.15, -0.1) is 0 Å². The van der Waals surface area contributed by atoms with Crippen molar-refractivity contribution in [3.8, 4) is 5.88 Å². The summed E-state index contributed by atoms with van der Waals surface area (Å²) >= 11 is 0.975. The number of amides is 1. The minimum absolute atomic E-state index is 0.00851. The van der Waals surface area contributed by atoms with E-state index in [1.54, 1.807) is 20.8 Å². The molecule has 186 valence electrons. The van der Waals surface area contributed by atoms with Crippen LogP contribution in [0.4, 0.5) is 19.4 Å². The van der Waals surface area contributed by atoms with E-state index < -0.39 is 39.5 Å². The number of halogens is 2. The second-order valence-electron chi connectivity index (χ2n) is 8.48. The van der Waals surface area contributed by atoms with Gasteiger partial charge in [-0.05, 0) is 26.8 Å². The Labute approximate surface area is 200 Å². The Morgan fingerprint density at radius 1 is 1.32 bits per heavy atom. The molecule has 1 fully saturated rings. The number of nitrogens with zero attached hydrogens (tertiary/aromatic N) is 4. The van der Waals surface area contributed by atoms with E-state index >= 15 is 0 Å². The summed E-state index contributed by atoms with van der Waals surface area (Å²) in [6.07, 6.45) is -1.13. The van der Waals surface area contributed by atoms with Crippen LogP contribution in [0.5, 0.6) is 5.88 Å². The van der Waals surface area contributed by atoms with E-state index in [-0.39, 0.29) is 41.3 Å². The Bertz CT molecular complexity index is 1170. The lowest BCUT2D eigenvalue weighted by Crippen LogP contribution is -2.66. The van der Waals surface area contributed by atoms with Gasteiger partial charge in [0.25, 0.3) is 0 Å². The van der Waals surface area contributed by atoms with Crippen molar-refractivity contribution >= 4 is 33.9 Å². The van der Waals surface area contributed by atoms with E-state index in [4.69, 9.17) is 4.74 Å². The van der Waals surface area contributed by atoms with Crippen LogP contribution in [0.15, 0.2) is 29.4 Å². The van der Waals surface area contributed by atoms with E-state index in [1.807, 2.05) is 0 Å². The van der Waals surface area contributed by atoms with Gasteiger partial charge < -0.3 is 9.84 Å². The number of benzene rings is 1. The molecule has 0 unspecified atom stereocenters. The molecule has 2 heterocycles. The van der Waals surface area contributed by atoms with Gasteiger partial charge in [-0.25, -0.2) is 18.6 Å². The van der Waals surface area contributed by atoms with E-state index in [0.29, 0.717) is 0 Å². The number of hydrogen-bond acceptors (Lipinski definition) is 7. The highest BCUT2D eigenvalue weighted by Gasteiger charge is 2.44. The van der Waals surface area contributed by atoms with Gasteiger partial charge in [0.05, 0.1) is 13.2 Å². The number of ether oxygens (including phenoxy) is 1. The molecule has 1 amide bonds. The minimum Gasteiger partial charge on any atom is -0.481 e. The normalized spacial score (nSPS) is 15.0. The van der Waals surface area contributed by atoms with Crippen LogP contribution in [-0.4, -0.2) is 70.6 Å². The summed E-state index contributed by atoms with van der Waals surface area (Å²) in [6.45, 7) is 5.18. The maximum atomic E-state index is 13.9. The monoisotopic (exact) mass is 517 g/mol. The van der Waals surface area contributed by atoms with Gasteiger partial charge in [0.2, 0.25) is 5.88 Å². The third-order valence-corrected chi connectivity index (χ3v) is 7.32. The number of anilines is 1. The summed E-state index contributed by atoms with van der Waals surface area (Å²) in [5.41, 5.74) is -0.584. The van der Waals surface area contributed by atoms with Crippen molar-refractivity contribution in [1.82, 2.24) is 19.2 Å². The largest absolute Gasteiger partial charge is 0.481 e. The molecule has 0 atom stereocenters. The molecule has 1 aromatic carbocycles. The summed E-state index contributed by atoms with van der Waals surface area (Å²) in [5, 5.41) is 9.58. The fourth-order valence-electron chi connectivity index (χ4n) is 3.39. The van der Waals surface area contributed by atoms with Crippen molar-refractivity contribution in [2.24, 2.45) is 0 Å². The lowest BCUT2D eigenvalue weighted by molar-refractivity contribution is 0.0255. The van der Waals surface area contributed by atoms with Crippen LogP contribution >= 0.6 is 11.8 Å². The topological polar surface area (TPSA) is 125 Å². The molecule has 2 N–H and O–H groups in total. The van der Waals surface area contributed by atoms with E-state index in [1.165, 1.54) is 30.2 Å². The first-order valence-corrected chi connectivity index (χ1v) is 12.5. The number of nitrogens with one attached hydrogen (secondary N) is 1. The van der Waals surface area contributed by atoms with Crippen molar-refractivity contribution < 1.29 is 31.8 Å². The first-order chi connectivity index (χ1) is 15.8. The van der Waals surface area contributed by atoms with E-state index in [0.717, 1.165) is 22.1 Å². The lowest BCUT2D eigenvalue weighted by Gasteiger charge is -2.48. The Hall–Kier alpha value is -2.71. The summed E-state index contributed by atoms with van der Waals surface area (Å²) in [6, 6.07) is 4.61. The lowest BCUT2D eigenvalue weighted by atomic mass is 10.0. The predicted octanol–water partition coefficient (Wildman–Crippen LogP) is 3.18. The van der Waals surface area contributed by atoms with Crippen molar-refractivity contribution in [3.63, 3.8) is 0 Å². The average molecular weight is 518 g/mol. The van der Waals surface area contributed by atoms with Crippen LogP contribution in [-0.2, 0) is 16.0 Å². The first kappa shape index (κ1) is 25.9. The van der Waals surface area contributed by atoms with Crippen molar-refractivity contribution in [2.75, 3.05) is 24.9 Å². The summed E-state index contributed by atoms with van der Waals surface area (Å²) in [4.78, 5) is 21.1. The van der Waals surface area contributed by atoms with Gasteiger partial charge in [0.1, 0.15) is 5.82 Å². The Balaban J connectivity index is 1.71. The summed E-state index contributed by atoms with van der Waals surface area (Å²) in [5.74, 6) is -1.95. The molecule has 0 radical (unpaired) electrons. The number of rotatable bonds is 8. The highest BCUT2D eigenvalue weighted by atomic mass is 32.2. The molecule has 10 nitrogen and oxygen atoms in total.